The number of phenols is 1. The number of hydrogen-bond donors (Lipinski definition) is 1. The number of benzene rings is 1. The molecule has 0 bridgehead atoms. The topological polar surface area (TPSA) is 46.5 Å². The molecule has 0 aromatic heterocycles. The lowest BCUT2D eigenvalue weighted by molar-refractivity contribution is 0.0597. The fourth-order valence-corrected chi connectivity index (χ4v) is 1.92. The summed E-state index contributed by atoms with van der Waals surface area (Å²) in [5.74, 6) is -0.371. The Morgan fingerprint density at radius 3 is 2.93 bits per heavy atom. The van der Waals surface area contributed by atoms with Gasteiger partial charge in [-0.25, -0.2) is 4.79 Å². The zero-order chi connectivity index (χ0) is 10.1. The van der Waals surface area contributed by atoms with E-state index in [0.29, 0.717) is 0 Å². The monoisotopic (exact) mass is 192 g/mol. The van der Waals surface area contributed by atoms with Crippen LogP contribution in [0.5, 0.6) is 5.75 Å². The van der Waals surface area contributed by atoms with Crippen LogP contribution in [0.25, 0.3) is 0 Å². The zero-order valence-corrected chi connectivity index (χ0v) is 8.04. The molecule has 0 heterocycles. The summed E-state index contributed by atoms with van der Waals surface area (Å²) in [5.41, 5.74) is 2.33. The fourth-order valence-electron chi connectivity index (χ4n) is 1.92. The number of esters is 1. The van der Waals surface area contributed by atoms with Crippen molar-refractivity contribution >= 4 is 5.97 Å². The van der Waals surface area contributed by atoms with E-state index in [9.17, 15) is 9.90 Å². The van der Waals surface area contributed by atoms with Crippen molar-refractivity contribution in [3.05, 3.63) is 28.8 Å². The normalized spacial score (nSPS) is 13.8. The molecular weight excluding hydrogens is 180 g/mol. The predicted molar refractivity (Wildman–Crippen MR) is 51.5 cm³/mol. The van der Waals surface area contributed by atoms with Crippen molar-refractivity contribution in [1.82, 2.24) is 0 Å². The van der Waals surface area contributed by atoms with E-state index in [1.165, 1.54) is 7.11 Å². The van der Waals surface area contributed by atoms with E-state index in [1.54, 1.807) is 6.07 Å². The highest BCUT2D eigenvalue weighted by Crippen LogP contribution is 2.32. The fraction of sp³-hybridized carbons (Fsp3) is 0.364. The summed E-state index contributed by atoms with van der Waals surface area (Å²) in [6, 6.07) is 3.53. The van der Waals surface area contributed by atoms with E-state index >= 15 is 0 Å². The van der Waals surface area contributed by atoms with Crippen molar-refractivity contribution < 1.29 is 14.6 Å². The van der Waals surface area contributed by atoms with Gasteiger partial charge >= 0.3 is 5.97 Å². The highest BCUT2D eigenvalue weighted by Gasteiger charge is 2.20. The third kappa shape index (κ3) is 1.25. The summed E-state index contributed by atoms with van der Waals surface area (Å²) in [7, 11) is 1.31. The number of aryl methyl sites for hydroxylation is 1. The van der Waals surface area contributed by atoms with Gasteiger partial charge in [0, 0.05) is 0 Å². The summed E-state index contributed by atoms with van der Waals surface area (Å²) in [5, 5.41) is 9.81. The maximum absolute atomic E-state index is 11.3. The largest absolute Gasteiger partial charge is 0.507 e. The van der Waals surface area contributed by atoms with Crippen LogP contribution in [0.2, 0.25) is 0 Å². The third-order valence-electron chi connectivity index (χ3n) is 2.66. The minimum absolute atomic E-state index is 0.104. The molecule has 0 saturated carbocycles. The second-order valence-corrected chi connectivity index (χ2v) is 3.44. The van der Waals surface area contributed by atoms with Crippen LogP contribution in [0.1, 0.15) is 27.9 Å². The molecule has 0 unspecified atom stereocenters. The second-order valence-electron chi connectivity index (χ2n) is 3.44. The number of ether oxygens (including phenoxy) is 1. The van der Waals surface area contributed by atoms with Crippen molar-refractivity contribution in [2.75, 3.05) is 7.11 Å². The molecule has 0 spiro atoms. The number of carbonyl (C=O) groups is 1. The first-order valence-electron chi connectivity index (χ1n) is 4.66. The van der Waals surface area contributed by atoms with Crippen LogP contribution in [0, 0.1) is 0 Å². The first-order valence-corrected chi connectivity index (χ1v) is 4.66. The van der Waals surface area contributed by atoms with Gasteiger partial charge in [-0.05, 0) is 36.5 Å². The molecule has 0 radical (unpaired) electrons. The average Bonchev–Trinajstić information content (AvgIpc) is 2.66. The molecule has 0 saturated heterocycles. The molecule has 1 N–H and O–H groups in total. The Balaban J connectivity index is 2.50. The van der Waals surface area contributed by atoms with Gasteiger partial charge in [0.05, 0.1) is 7.11 Å². The van der Waals surface area contributed by atoms with Gasteiger partial charge in [-0.15, -0.1) is 0 Å². The molecule has 1 aromatic carbocycles. The smallest absolute Gasteiger partial charge is 0.341 e. The summed E-state index contributed by atoms with van der Waals surface area (Å²) in [6.07, 6.45) is 2.89. The van der Waals surface area contributed by atoms with Gasteiger partial charge in [0.1, 0.15) is 11.3 Å². The molecule has 1 aromatic rings. The maximum Gasteiger partial charge on any atom is 0.341 e. The summed E-state index contributed by atoms with van der Waals surface area (Å²) in [6.45, 7) is 0. The Morgan fingerprint density at radius 1 is 1.43 bits per heavy atom. The van der Waals surface area contributed by atoms with E-state index in [1.807, 2.05) is 6.07 Å². The maximum atomic E-state index is 11.3. The summed E-state index contributed by atoms with van der Waals surface area (Å²) in [4.78, 5) is 11.3. The van der Waals surface area contributed by atoms with E-state index in [2.05, 4.69) is 4.74 Å². The standard InChI is InChI=1S/C11H12O3/c1-14-11(13)9-6-5-7-3-2-4-8(7)10(9)12/h5-6,12H,2-4H2,1H3. The number of carbonyl (C=O) groups excluding carboxylic acids is 1. The van der Waals surface area contributed by atoms with Crippen molar-refractivity contribution in [1.29, 1.82) is 0 Å². The molecule has 1 aliphatic carbocycles. The minimum atomic E-state index is -0.475. The molecule has 1 aliphatic rings. The first-order chi connectivity index (χ1) is 6.74. The number of phenolic OH excluding ortho intramolecular Hbond substituents is 1. The van der Waals surface area contributed by atoms with Crippen LogP contribution in [0.4, 0.5) is 0 Å². The highest BCUT2D eigenvalue weighted by molar-refractivity contribution is 5.93. The Hall–Kier alpha value is -1.51. The van der Waals surface area contributed by atoms with Gasteiger partial charge in [-0.3, -0.25) is 0 Å². The van der Waals surface area contributed by atoms with Gasteiger partial charge in [0.15, 0.2) is 0 Å². The zero-order valence-electron chi connectivity index (χ0n) is 8.04. The van der Waals surface area contributed by atoms with Gasteiger partial charge in [0.2, 0.25) is 0 Å². The van der Waals surface area contributed by atoms with Crippen LogP contribution in [-0.4, -0.2) is 18.2 Å². The molecular formula is C11H12O3. The van der Waals surface area contributed by atoms with E-state index in [-0.39, 0.29) is 11.3 Å². The van der Waals surface area contributed by atoms with Crippen LogP contribution >= 0.6 is 0 Å². The van der Waals surface area contributed by atoms with Crippen LogP contribution in [-0.2, 0) is 17.6 Å². The number of rotatable bonds is 1. The second kappa shape index (κ2) is 3.33. The first kappa shape index (κ1) is 9.06. The predicted octanol–water partition coefficient (Wildman–Crippen LogP) is 1.67. The highest BCUT2D eigenvalue weighted by atomic mass is 16.5. The van der Waals surface area contributed by atoms with Crippen LogP contribution < -0.4 is 0 Å². The van der Waals surface area contributed by atoms with Crippen LogP contribution in [0.15, 0.2) is 12.1 Å². The molecule has 0 atom stereocenters. The molecule has 0 aliphatic heterocycles. The molecule has 74 valence electrons. The molecule has 3 nitrogen and oxygen atoms in total. The minimum Gasteiger partial charge on any atom is -0.507 e. The number of methoxy groups -OCH3 is 1. The van der Waals surface area contributed by atoms with Crippen molar-refractivity contribution in [3.63, 3.8) is 0 Å². The number of aromatic hydroxyl groups is 1. The lowest BCUT2D eigenvalue weighted by atomic mass is 10.0. The van der Waals surface area contributed by atoms with E-state index in [0.717, 1.165) is 30.4 Å². The Kier molecular flexibility index (Phi) is 2.15. The average molecular weight is 192 g/mol. The van der Waals surface area contributed by atoms with Crippen LogP contribution in [0.3, 0.4) is 0 Å². The van der Waals surface area contributed by atoms with E-state index < -0.39 is 5.97 Å². The SMILES string of the molecule is COC(=O)c1ccc2c(c1O)CCC2. The van der Waals surface area contributed by atoms with Gasteiger partial charge in [-0.1, -0.05) is 6.07 Å². The molecule has 3 heteroatoms. The quantitative estimate of drug-likeness (QED) is 0.688. The van der Waals surface area contributed by atoms with Crippen molar-refractivity contribution in [2.45, 2.75) is 19.3 Å². The Morgan fingerprint density at radius 2 is 2.21 bits per heavy atom. The van der Waals surface area contributed by atoms with Gasteiger partial charge < -0.3 is 9.84 Å². The van der Waals surface area contributed by atoms with Gasteiger partial charge in [0.25, 0.3) is 0 Å². The molecule has 14 heavy (non-hydrogen) atoms. The van der Waals surface area contributed by atoms with Crippen molar-refractivity contribution in [2.24, 2.45) is 0 Å². The summed E-state index contributed by atoms with van der Waals surface area (Å²) < 4.78 is 4.58. The molecule has 0 fully saturated rings. The number of fused-ring (bicyclic) bond motifs is 1. The van der Waals surface area contributed by atoms with Crippen molar-refractivity contribution in [3.8, 4) is 5.75 Å². The van der Waals surface area contributed by atoms with Gasteiger partial charge in [-0.2, -0.15) is 0 Å². The van der Waals surface area contributed by atoms with E-state index in [4.69, 9.17) is 0 Å². The third-order valence-corrected chi connectivity index (χ3v) is 2.66. The molecule has 2 rings (SSSR count). The number of hydrogen-bond acceptors (Lipinski definition) is 3. The Bertz CT molecular complexity index is 382. The lowest BCUT2D eigenvalue weighted by Gasteiger charge is -2.07. The lowest BCUT2D eigenvalue weighted by Crippen LogP contribution is -2.03. The summed E-state index contributed by atoms with van der Waals surface area (Å²) >= 11 is 0. The Labute approximate surface area is 82.3 Å². The molecule has 0 amide bonds.